The van der Waals surface area contributed by atoms with Crippen molar-refractivity contribution in [3.05, 3.63) is 17.2 Å². The SMILES string of the molecule is C[N@+]1(CC2CC2)C[C@@H](CO)[C@]23c4c5c(O)cc(O)c4O[C@H]2C(=O)CC[C@@]3(O)[C@H]1C5. The largest absolute Gasteiger partial charge is 0.508 e. The molecule has 1 saturated heterocycles. The molecule has 2 aliphatic heterocycles. The number of piperidine rings is 1. The second kappa shape index (κ2) is 5.25. The summed E-state index contributed by atoms with van der Waals surface area (Å²) in [6, 6.07) is 1.09. The molecule has 2 saturated carbocycles. The van der Waals surface area contributed by atoms with Gasteiger partial charge in [0.05, 0.1) is 32.2 Å². The summed E-state index contributed by atoms with van der Waals surface area (Å²) in [5.74, 6) is 0.0916. The molecule has 3 fully saturated rings. The first-order valence-electron chi connectivity index (χ1n) is 10.7. The van der Waals surface area contributed by atoms with Crippen molar-refractivity contribution in [1.29, 1.82) is 0 Å². The predicted octanol–water partition coefficient (Wildman–Crippen LogP) is 0.594. The van der Waals surface area contributed by atoms with Crippen LogP contribution in [0.15, 0.2) is 6.07 Å². The maximum Gasteiger partial charge on any atom is 0.174 e. The Kier molecular flexibility index (Phi) is 3.26. The summed E-state index contributed by atoms with van der Waals surface area (Å²) in [6.45, 7) is 1.39. The van der Waals surface area contributed by atoms with Gasteiger partial charge in [0.15, 0.2) is 23.4 Å². The molecule has 6 atom stereocenters. The molecule has 1 aromatic rings. The molecule has 0 aromatic heterocycles. The maximum absolute atomic E-state index is 13.0. The Balaban J connectivity index is 1.67. The highest BCUT2D eigenvalue weighted by atomic mass is 16.5. The molecule has 0 unspecified atom stereocenters. The number of Topliss-reactive ketones (excluding diaryl/α,β-unsaturated/α-hetero) is 1. The Hall–Kier alpha value is -1.83. The smallest absolute Gasteiger partial charge is 0.174 e. The fraction of sp³-hybridized carbons (Fsp3) is 0.682. The number of nitrogens with zero attached hydrogens (tertiary/aromatic N) is 1. The van der Waals surface area contributed by atoms with Crippen LogP contribution in [0.2, 0.25) is 0 Å². The van der Waals surface area contributed by atoms with E-state index in [1.54, 1.807) is 0 Å². The number of carbonyl (C=O) groups is 1. The zero-order valence-corrected chi connectivity index (χ0v) is 16.6. The Morgan fingerprint density at radius 2 is 2.03 bits per heavy atom. The van der Waals surface area contributed by atoms with Gasteiger partial charge < -0.3 is 29.6 Å². The summed E-state index contributed by atoms with van der Waals surface area (Å²) in [7, 11) is 2.15. The van der Waals surface area contributed by atoms with Gasteiger partial charge in [0, 0.05) is 41.9 Å². The van der Waals surface area contributed by atoms with Crippen molar-refractivity contribution in [2.45, 2.75) is 55.3 Å². The molecule has 156 valence electrons. The lowest BCUT2D eigenvalue weighted by atomic mass is 9.45. The molecule has 2 bridgehead atoms. The summed E-state index contributed by atoms with van der Waals surface area (Å²) in [5, 5.41) is 44.1. The van der Waals surface area contributed by atoms with Crippen molar-refractivity contribution in [2.24, 2.45) is 11.8 Å². The normalized spacial score (nSPS) is 44.4. The van der Waals surface area contributed by atoms with Gasteiger partial charge in [-0.25, -0.2) is 0 Å². The summed E-state index contributed by atoms with van der Waals surface area (Å²) >= 11 is 0. The molecule has 0 amide bonds. The number of hydrogen-bond acceptors (Lipinski definition) is 6. The van der Waals surface area contributed by atoms with Crippen LogP contribution in [-0.4, -0.2) is 75.2 Å². The number of carbonyl (C=O) groups excluding carboxylic acids is 1. The van der Waals surface area contributed by atoms with Crippen LogP contribution >= 0.6 is 0 Å². The minimum atomic E-state index is -1.24. The molecule has 29 heavy (non-hydrogen) atoms. The molecular weight excluding hydrogens is 374 g/mol. The number of aliphatic hydroxyl groups excluding tert-OH is 1. The third kappa shape index (κ3) is 1.88. The van der Waals surface area contributed by atoms with Crippen molar-refractivity contribution in [2.75, 3.05) is 26.7 Å². The molecular formula is C22H28NO6+. The standard InChI is InChI=1S/C22H27NO6/c1-23(8-11-2-3-11)9-12(10-24)22-18-13-6-17(23)21(22,28)5-4-14(25)20(22)29-19(18)16(27)7-15(13)26/h7,11-12,17,20,24,28H,2-6,8-10H2,1H3,(H-,26,27)/p+1/t12-,17+,20-,21+,22-,23-/m0/s1. The van der Waals surface area contributed by atoms with Crippen LogP contribution in [0.1, 0.15) is 36.8 Å². The van der Waals surface area contributed by atoms with Gasteiger partial charge in [-0.15, -0.1) is 0 Å². The predicted molar refractivity (Wildman–Crippen MR) is 102 cm³/mol. The van der Waals surface area contributed by atoms with E-state index in [9.17, 15) is 25.2 Å². The second-order valence-corrected chi connectivity index (χ2v) is 10.2. The summed E-state index contributed by atoms with van der Waals surface area (Å²) in [4.78, 5) is 13.0. The number of likely N-dealkylation sites (N-methyl/N-ethyl adjacent to an activating group) is 1. The van der Waals surface area contributed by atoms with Crippen molar-refractivity contribution in [1.82, 2.24) is 0 Å². The molecule has 0 radical (unpaired) electrons. The van der Waals surface area contributed by atoms with Gasteiger partial charge in [-0.2, -0.15) is 0 Å². The lowest BCUT2D eigenvalue weighted by Gasteiger charge is -2.66. The van der Waals surface area contributed by atoms with Crippen LogP contribution in [0.25, 0.3) is 0 Å². The summed E-state index contributed by atoms with van der Waals surface area (Å²) < 4.78 is 6.68. The quantitative estimate of drug-likeness (QED) is 0.552. The number of aromatic hydroxyl groups is 2. The average molecular weight is 402 g/mol. The van der Waals surface area contributed by atoms with Crippen LogP contribution in [0, 0.1) is 11.8 Å². The summed E-state index contributed by atoms with van der Waals surface area (Å²) in [6.07, 6.45) is 2.46. The number of quaternary nitrogens is 1. The number of likely N-dealkylation sites (tertiary alicyclic amines) is 1. The number of aliphatic hydroxyl groups is 2. The highest BCUT2D eigenvalue weighted by Gasteiger charge is 2.79. The molecule has 7 heteroatoms. The van der Waals surface area contributed by atoms with E-state index < -0.39 is 23.0 Å². The fourth-order valence-corrected chi connectivity index (χ4v) is 7.58. The van der Waals surface area contributed by atoms with Gasteiger partial charge in [0.1, 0.15) is 17.4 Å². The van der Waals surface area contributed by atoms with E-state index in [0.29, 0.717) is 40.9 Å². The van der Waals surface area contributed by atoms with Gasteiger partial charge in [-0.1, -0.05) is 0 Å². The van der Waals surface area contributed by atoms with E-state index in [1.165, 1.54) is 18.9 Å². The number of hydrogen-bond donors (Lipinski definition) is 4. The first kappa shape index (κ1) is 18.0. The monoisotopic (exact) mass is 402 g/mol. The zero-order chi connectivity index (χ0) is 20.3. The van der Waals surface area contributed by atoms with Gasteiger partial charge in [0.2, 0.25) is 0 Å². The van der Waals surface area contributed by atoms with E-state index in [1.807, 2.05) is 0 Å². The van der Waals surface area contributed by atoms with E-state index in [0.717, 1.165) is 6.54 Å². The molecule has 6 rings (SSSR count). The van der Waals surface area contributed by atoms with Crippen molar-refractivity contribution in [3.63, 3.8) is 0 Å². The van der Waals surface area contributed by atoms with Crippen molar-refractivity contribution in [3.8, 4) is 17.2 Å². The zero-order valence-electron chi connectivity index (χ0n) is 16.6. The molecule has 1 aromatic carbocycles. The number of ketones is 1. The molecule has 3 aliphatic carbocycles. The first-order chi connectivity index (χ1) is 13.8. The highest BCUT2D eigenvalue weighted by Crippen LogP contribution is 2.68. The van der Waals surface area contributed by atoms with Crippen LogP contribution < -0.4 is 4.74 Å². The number of phenolic OH excluding ortho intramolecular Hbond substituents is 2. The van der Waals surface area contributed by atoms with E-state index in [4.69, 9.17) is 4.74 Å². The number of rotatable bonds is 3. The molecule has 2 heterocycles. The van der Waals surface area contributed by atoms with Crippen LogP contribution in [0.4, 0.5) is 0 Å². The van der Waals surface area contributed by atoms with E-state index >= 15 is 0 Å². The molecule has 5 aliphatic rings. The second-order valence-electron chi connectivity index (χ2n) is 10.2. The van der Waals surface area contributed by atoms with Gasteiger partial charge >= 0.3 is 0 Å². The summed E-state index contributed by atoms with van der Waals surface area (Å²) in [5.41, 5.74) is -1.15. The van der Waals surface area contributed by atoms with Crippen molar-refractivity contribution < 1.29 is 34.4 Å². The Morgan fingerprint density at radius 3 is 2.72 bits per heavy atom. The average Bonchev–Trinajstić information content (AvgIpc) is 3.39. The van der Waals surface area contributed by atoms with Crippen LogP contribution in [0.3, 0.4) is 0 Å². The minimum absolute atomic E-state index is 0.0218. The van der Waals surface area contributed by atoms with Gasteiger partial charge in [-0.05, 0) is 19.3 Å². The van der Waals surface area contributed by atoms with Gasteiger partial charge in [-0.3, -0.25) is 4.79 Å². The lowest BCUT2D eigenvalue weighted by molar-refractivity contribution is -0.954. The number of ether oxygens (including phenoxy) is 1. The lowest BCUT2D eigenvalue weighted by Crippen LogP contribution is -2.84. The Morgan fingerprint density at radius 1 is 1.28 bits per heavy atom. The first-order valence-corrected chi connectivity index (χ1v) is 10.7. The van der Waals surface area contributed by atoms with Crippen LogP contribution in [0.5, 0.6) is 17.2 Å². The molecule has 4 N–H and O–H groups in total. The van der Waals surface area contributed by atoms with E-state index in [-0.39, 0.29) is 42.1 Å². The maximum atomic E-state index is 13.0. The fourth-order valence-electron chi connectivity index (χ4n) is 7.58. The molecule has 7 nitrogen and oxygen atoms in total. The number of benzene rings is 1. The Bertz CT molecular complexity index is 944. The van der Waals surface area contributed by atoms with Crippen LogP contribution in [-0.2, 0) is 16.6 Å². The minimum Gasteiger partial charge on any atom is -0.508 e. The van der Waals surface area contributed by atoms with Crippen molar-refractivity contribution >= 4 is 5.78 Å². The number of phenols is 2. The van der Waals surface area contributed by atoms with E-state index in [2.05, 4.69) is 7.05 Å². The topological polar surface area (TPSA) is 107 Å². The third-order valence-corrected chi connectivity index (χ3v) is 8.74. The Labute approximate surface area is 169 Å². The third-order valence-electron chi connectivity index (χ3n) is 8.74. The van der Waals surface area contributed by atoms with Gasteiger partial charge in [0.25, 0.3) is 0 Å². The highest BCUT2D eigenvalue weighted by molar-refractivity contribution is 5.90. The molecule has 1 spiro atoms.